The van der Waals surface area contributed by atoms with Gasteiger partial charge in [0.15, 0.2) is 5.52 Å². The first kappa shape index (κ1) is 9.98. The number of carbonyl (C=O) groups excluding carboxylic acids is 1. The maximum Gasteiger partial charge on any atom is 0.150 e. The summed E-state index contributed by atoms with van der Waals surface area (Å²) in [7, 11) is 1.88. The fourth-order valence-corrected chi connectivity index (χ4v) is 0.705. The third kappa shape index (κ3) is 3.90. The van der Waals surface area contributed by atoms with Gasteiger partial charge in [-0.3, -0.25) is 4.79 Å². The Hall–Kier alpha value is -0.0200. The van der Waals surface area contributed by atoms with E-state index in [2.05, 4.69) is 0 Å². The molecule has 0 rings (SSSR count). The molecule has 3 unspecified atom stereocenters. The number of rotatable bonds is 4. The molecule has 0 aromatic carbocycles. The van der Waals surface area contributed by atoms with Crippen molar-refractivity contribution in [1.29, 1.82) is 0 Å². The molecule has 3 N–H and O–H groups in total. The monoisotopic (exact) mass is 166 g/mol. The van der Waals surface area contributed by atoms with Crippen LogP contribution in [0.3, 0.4) is 0 Å². The van der Waals surface area contributed by atoms with E-state index in [0.29, 0.717) is 0 Å². The van der Waals surface area contributed by atoms with Gasteiger partial charge in [-0.15, -0.1) is 0 Å². The zero-order chi connectivity index (χ0) is 8.15. The van der Waals surface area contributed by atoms with E-state index in [4.69, 9.17) is 15.3 Å². The van der Waals surface area contributed by atoms with Gasteiger partial charge in [-0.1, -0.05) is 9.24 Å². The molecule has 0 amide bonds. The Bertz CT molecular complexity index is 116. The summed E-state index contributed by atoms with van der Waals surface area (Å²) in [4.78, 5) is 10.3. The fourth-order valence-electron chi connectivity index (χ4n) is 0.464. The smallest absolute Gasteiger partial charge is 0.150 e. The highest BCUT2D eigenvalue weighted by molar-refractivity contribution is 7.40. The van der Waals surface area contributed by atoms with Crippen LogP contribution in [0.2, 0.25) is 0 Å². The van der Waals surface area contributed by atoms with Gasteiger partial charge in [0.1, 0.15) is 6.10 Å². The second-order valence-corrected chi connectivity index (χ2v) is 2.63. The molecule has 0 aliphatic carbocycles. The maximum atomic E-state index is 10.3. The highest BCUT2D eigenvalue weighted by atomic mass is 31.0. The first-order valence-corrected chi connectivity index (χ1v) is 3.41. The van der Waals surface area contributed by atoms with Gasteiger partial charge in [-0.05, 0) is 0 Å². The minimum Gasteiger partial charge on any atom is -0.394 e. The van der Waals surface area contributed by atoms with E-state index in [0.717, 1.165) is 0 Å². The second kappa shape index (κ2) is 4.74. The number of hydrogen-bond donors (Lipinski definition) is 3. The molecule has 0 aromatic heterocycles. The van der Waals surface area contributed by atoms with E-state index in [1.807, 2.05) is 9.24 Å². The zero-order valence-electron chi connectivity index (χ0n) is 5.40. The van der Waals surface area contributed by atoms with Crippen molar-refractivity contribution >= 4 is 14.8 Å². The first-order chi connectivity index (χ1) is 4.57. The summed E-state index contributed by atoms with van der Waals surface area (Å²) in [5.74, 6) is 0. The molecule has 5 heteroatoms. The van der Waals surface area contributed by atoms with Crippen LogP contribution in [0.25, 0.3) is 0 Å². The van der Waals surface area contributed by atoms with Gasteiger partial charge in [0.2, 0.25) is 0 Å². The van der Waals surface area contributed by atoms with Crippen molar-refractivity contribution in [2.45, 2.75) is 18.6 Å². The Balaban J connectivity index is 3.61. The Morgan fingerprint density at radius 3 is 2.20 bits per heavy atom. The molecular formula is C5H11O4P. The van der Waals surface area contributed by atoms with Gasteiger partial charge in [-0.2, -0.15) is 0 Å². The third-order valence-corrected chi connectivity index (χ3v) is 1.28. The highest BCUT2D eigenvalue weighted by Gasteiger charge is 2.16. The van der Waals surface area contributed by atoms with Gasteiger partial charge < -0.3 is 15.3 Å². The Morgan fingerprint density at radius 2 is 1.90 bits per heavy atom. The zero-order valence-corrected chi connectivity index (χ0v) is 6.55. The molecule has 0 saturated heterocycles. The topological polar surface area (TPSA) is 77.8 Å². The van der Waals surface area contributed by atoms with Crippen molar-refractivity contribution < 1.29 is 20.1 Å². The molecule has 0 aliphatic heterocycles. The third-order valence-electron chi connectivity index (χ3n) is 1.04. The maximum absolute atomic E-state index is 10.3. The molecule has 10 heavy (non-hydrogen) atoms. The minimum atomic E-state index is -1.22. The fraction of sp³-hybridized carbons (Fsp3) is 0.800. The molecule has 0 saturated carbocycles. The van der Waals surface area contributed by atoms with E-state index in [1.54, 1.807) is 0 Å². The van der Waals surface area contributed by atoms with Gasteiger partial charge in [0.05, 0.1) is 12.7 Å². The molecule has 3 atom stereocenters. The molecular weight excluding hydrogens is 155 g/mol. The lowest BCUT2D eigenvalue weighted by atomic mass is 10.2. The normalized spacial score (nSPS) is 16.4. The van der Waals surface area contributed by atoms with Crippen LogP contribution in [-0.2, 0) is 4.79 Å². The largest absolute Gasteiger partial charge is 0.394 e. The predicted octanol–water partition coefficient (Wildman–Crippen LogP) is -1.51. The van der Waals surface area contributed by atoms with Crippen LogP contribution >= 0.6 is 9.24 Å². The quantitative estimate of drug-likeness (QED) is 0.444. The lowest BCUT2D eigenvalue weighted by molar-refractivity contribution is -0.115. The summed E-state index contributed by atoms with van der Waals surface area (Å²) >= 11 is 0. The van der Waals surface area contributed by atoms with E-state index >= 15 is 0 Å². The van der Waals surface area contributed by atoms with Crippen molar-refractivity contribution in [3.63, 3.8) is 0 Å². The summed E-state index contributed by atoms with van der Waals surface area (Å²) in [5, 5.41) is 25.8. The van der Waals surface area contributed by atoms with Gasteiger partial charge in [0.25, 0.3) is 0 Å². The van der Waals surface area contributed by atoms with E-state index in [9.17, 15) is 4.79 Å². The van der Waals surface area contributed by atoms with Gasteiger partial charge in [0, 0.05) is 6.42 Å². The second-order valence-electron chi connectivity index (χ2n) is 1.99. The lowest BCUT2D eigenvalue weighted by Gasteiger charge is -2.12. The van der Waals surface area contributed by atoms with E-state index in [-0.39, 0.29) is 11.9 Å². The number of aliphatic hydroxyl groups is 3. The lowest BCUT2D eigenvalue weighted by Crippen LogP contribution is -2.30. The average Bonchev–Trinajstić information content (AvgIpc) is 1.85. The van der Waals surface area contributed by atoms with Crippen LogP contribution in [0.15, 0.2) is 0 Å². The standard InChI is InChI=1S/C5H11O4P/c6-2-4(8)3(7)1-5(9)10/h3-4,6-8H,1-2,10H2. The highest BCUT2D eigenvalue weighted by Crippen LogP contribution is 2.02. The summed E-state index contributed by atoms with van der Waals surface area (Å²) < 4.78 is 0. The van der Waals surface area contributed by atoms with Crippen molar-refractivity contribution in [1.82, 2.24) is 0 Å². The van der Waals surface area contributed by atoms with Crippen molar-refractivity contribution in [3.05, 3.63) is 0 Å². The van der Waals surface area contributed by atoms with Crippen LogP contribution in [0.5, 0.6) is 0 Å². The molecule has 0 heterocycles. The summed E-state index contributed by atoms with van der Waals surface area (Å²) in [6.45, 7) is -0.529. The van der Waals surface area contributed by atoms with Crippen LogP contribution in [-0.4, -0.2) is 39.7 Å². The van der Waals surface area contributed by atoms with Crippen molar-refractivity contribution in [3.8, 4) is 0 Å². The molecule has 0 aromatic rings. The van der Waals surface area contributed by atoms with Gasteiger partial charge >= 0.3 is 0 Å². The van der Waals surface area contributed by atoms with E-state index < -0.39 is 18.8 Å². The Morgan fingerprint density at radius 1 is 1.40 bits per heavy atom. The summed E-state index contributed by atoms with van der Waals surface area (Å²) in [6, 6.07) is 0. The van der Waals surface area contributed by atoms with Crippen LogP contribution < -0.4 is 0 Å². The molecule has 0 aliphatic rings. The van der Waals surface area contributed by atoms with Crippen LogP contribution in [0.4, 0.5) is 0 Å². The molecule has 0 spiro atoms. The molecule has 0 radical (unpaired) electrons. The van der Waals surface area contributed by atoms with E-state index in [1.165, 1.54) is 0 Å². The first-order valence-electron chi connectivity index (χ1n) is 2.83. The number of aliphatic hydroxyl groups excluding tert-OH is 3. The average molecular weight is 166 g/mol. The molecule has 4 nitrogen and oxygen atoms in total. The van der Waals surface area contributed by atoms with Gasteiger partial charge in [-0.25, -0.2) is 0 Å². The Kier molecular flexibility index (Phi) is 4.73. The van der Waals surface area contributed by atoms with Crippen molar-refractivity contribution in [2.75, 3.05) is 6.61 Å². The number of hydrogen-bond acceptors (Lipinski definition) is 4. The van der Waals surface area contributed by atoms with Crippen LogP contribution in [0.1, 0.15) is 6.42 Å². The molecule has 0 fully saturated rings. The molecule has 60 valence electrons. The van der Waals surface area contributed by atoms with Crippen molar-refractivity contribution in [2.24, 2.45) is 0 Å². The predicted molar refractivity (Wildman–Crippen MR) is 38.4 cm³/mol. The summed E-state index contributed by atoms with van der Waals surface area (Å²) in [6.07, 6.45) is -2.52. The number of carbonyl (C=O) groups is 1. The molecule has 0 bridgehead atoms. The minimum absolute atomic E-state index is 0.146. The van der Waals surface area contributed by atoms with Crippen LogP contribution in [0, 0.1) is 0 Å². The SMILES string of the molecule is O=C(P)CC(O)C(O)CO. The summed E-state index contributed by atoms with van der Waals surface area (Å²) in [5.41, 5.74) is -0.292. The Labute approximate surface area is 61.1 Å².